The van der Waals surface area contributed by atoms with Crippen LogP contribution in [0.15, 0.2) is 17.0 Å². The van der Waals surface area contributed by atoms with Crippen molar-refractivity contribution < 1.29 is 4.74 Å². The molecule has 0 radical (unpaired) electrons. The van der Waals surface area contributed by atoms with Crippen LogP contribution in [0.4, 0.5) is 5.82 Å². The molecule has 3 heterocycles. The molecule has 0 bridgehead atoms. The molecule has 1 aliphatic rings. The molecule has 2 N–H and O–H groups in total. The third-order valence-electron chi connectivity index (χ3n) is 3.12. The van der Waals surface area contributed by atoms with Crippen molar-refractivity contribution in [3.05, 3.63) is 22.6 Å². The number of nitrogens with zero attached hydrogens (tertiary/aromatic N) is 4. The Morgan fingerprint density at radius 3 is 2.94 bits per heavy atom. The van der Waals surface area contributed by atoms with Crippen LogP contribution >= 0.6 is 15.9 Å². The van der Waals surface area contributed by atoms with Crippen molar-refractivity contribution in [2.24, 2.45) is 0 Å². The van der Waals surface area contributed by atoms with Gasteiger partial charge in [0.1, 0.15) is 16.4 Å². The summed E-state index contributed by atoms with van der Waals surface area (Å²) < 4.78 is 8.02. The van der Waals surface area contributed by atoms with Crippen molar-refractivity contribution in [2.45, 2.75) is 6.54 Å². The molecule has 7 heteroatoms. The lowest BCUT2D eigenvalue weighted by molar-refractivity contribution is 0.0344. The number of hydrogen-bond donors (Lipinski definition) is 1. The number of morpholine rings is 1. The van der Waals surface area contributed by atoms with E-state index in [1.54, 1.807) is 4.52 Å². The van der Waals surface area contributed by atoms with Gasteiger partial charge in [0.2, 0.25) is 0 Å². The molecule has 1 saturated heterocycles. The molecule has 0 aliphatic carbocycles. The molecular weight excluding hydrogens is 298 g/mol. The van der Waals surface area contributed by atoms with Gasteiger partial charge in [-0.15, -0.1) is 0 Å². The van der Waals surface area contributed by atoms with Gasteiger partial charge < -0.3 is 10.5 Å². The van der Waals surface area contributed by atoms with Gasteiger partial charge in [0, 0.05) is 19.6 Å². The number of nitrogen functional groups attached to an aromatic ring is 1. The Hall–Kier alpha value is -1.18. The number of hydrogen-bond acceptors (Lipinski definition) is 5. The lowest BCUT2D eigenvalue weighted by Gasteiger charge is -2.26. The second kappa shape index (κ2) is 4.83. The van der Waals surface area contributed by atoms with Crippen LogP contribution in [0, 0.1) is 0 Å². The molecule has 1 aliphatic heterocycles. The van der Waals surface area contributed by atoms with Gasteiger partial charge >= 0.3 is 0 Å². The second-order valence-electron chi connectivity index (χ2n) is 4.29. The van der Waals surface area contributed by atoms with E-state index < -0.39 is 0 Å². The first kappa shape index (κ1) is 11.9. The highest BCUT2D eigenvalue weighted by Crippen LogP contribution is 2.24. The van der Waals surface area contributed by atoms with Crippen molar-refractivity contribution in [1.82, 2.24) is 19.5 Å². The molecular formula is C11H14BrN5O. The number of nitrogens with two attached hydrogens (primary N) is 1. The van der Waals surface area contributed by atoms with Crippen LogP contribution in [0.1, 0.15) is 5.56 Å². The molecule has 1 fully saturated rings. The zero-order valence-electron chi connectivity index (χ0n) is 9.84. The third-order valence-corrected chi connectivity index (χ3v) is 3.68. The maximum Gasteiger partial charge on any atom is 0.151 e. The molecule has 6 nitrogen and oxygen atoms in total. The van der Waals surface area contributed by atoms with E-state index in [0.29, 0.717) is 5.82 Å². The fraction of sp³-hybridized carbons (Fsp3) is 0.455. The summed E-state index contributed by atoms with van der Waals surface area (Å²) in [6.07, 6.45) is 1.46. The molecule has 0 aromatic carbocycles. The molecule has 0 atom stereocenters. The van der Waals surface area contributed by atoms with E-state index in [2.05, 4.69) is 37.0 Å². The average Bonchev–Trinajstić information content (AvgIpc) is 2.69. The van der Waals surface area contributed by atoms with Crippen molar-refractivity contribution in [3.8, 4) is 0 Å². The van der Waals surface area contributed by atoms with E-state index in [9.17, 15) is 0 Å². The van der Waals surface area contributed by atoms with Crippen LogP contribution in [-0.2, 0) is 11.3 Å². The first-order valence-electron chi connectivity index (χ1n) is 5.82. The summed E-state index contributed by atoms with van der Waals surface area (Å²) in [6, 6.07) is 2.05. The lowest BCUT2D eigenvalue weighted by atomic mass is 10.2. The fourth-order valence-electron chi connectivity index (χ4n) is 2.22. The van der Waals surface area contributed by atoms with Crippen molar-refractivity contribution in [2.75, 3.05) is 32.0 Å². The molecule has 2 aromatic heterocycles. The summed E-state index contributed by atoms with van der Waals surface area (Å²) in [4.78, 5) is 6.40. The van der Waals surface area contributed by atoms with E-state index in [4.69, 9.17) is 10.5 Å². The first-order chi connectivity index (χ1) is 8.75. The molecule has 96 valence electrons. The van der Waals surface area contributed by atoms with Crippen molar-refractivity contribution in [1.29, 1.82) is 0 Å². The number of rotatable bonds is 2. The summed E-state index contributed by atoms with van der Waals surface area (Å²) in [5.41, 5.74) is 7.97. The molecule has 0 unspecified atom stereocenters. The van der Waals surface area contributed by atoms with E-state index >= 15 is 0 Å². The SMILES string of the molecule is Nc1ncnn2c(Br)cc(CN3CCOCC3)c12. The van der Waals surface area contributed by atoms with Crippen LogP contribution < -0.4 is 5.73 Å². The molecule has 0 amide bonds. The Morgan fingerprint density at radius 2 is 2.17 bits per heavy atom. The number of anilines is 1. The summed E-state index contributed by atoms with van der Waals surface area (Å²) in [6.45, 7) is 4.32. The molecule has 18 heavy (non-hydrogen) atoms. The summed E-state index contributed by atoms with van der Waals surface area (Å²) in [7, 11) is 0. The largest absolute Gasteiger partial charge is 0.382 e. The van der Waals surface area contributed by atoms with Crippen molar-refractivity contribution >= 4 is 27.3 Å². The maximum absolute atomic E-state index is 5.94. The van der Waals surface area contributed by atoms with Gasteiger partial charge in [0.15, 0.2) is 5.82 Å². The van der Waals surface area contributed by atoms with Crippen molar-refractivity contribution in [3.63, 3.8) is 0 Å². The van der Waals surface area contributed by atoms with Gasteiger partial charge in [-0.3, -0.25) is 4.90 Å². The molecule has 2 aromatic rings. The quantitative estimate of drug-likeness (QED) is 0.892. The first-order valence-corrected chi connectivity index (χ1v) is 6.61. The molecule has 3 rings (SSSR count). The topological polar surface area (TPSA) is 68.7 Å². The Balaban J connectivity index is 1.96. The Bertz CT molecular complexity index is 564. The third kappa shape index (κ3) is 2.09. The van der Waals surface area contributed by atoms with Crippen LogP contribution in [0.5, 0.6) is 0 Å². The van der Waals surface area contributed by atoms with Gasteiger partial charge in [-0.25, -0.2) is 9.50 Å². The normalized spacial score (nSPS) is 17.4. The fourth-order valence-corrected chi connectivity index (χ4v) is 2.77. The number of fused-ring (bicyclic) bond motifs is 1. The number of aromatic nitrogens is 3. The predicted octanol–water partition coefficient (Wildman–Crippen LogP) is 0.906. The lowest BCUT2D eigenvalue weighted by Crippen LogP contribution is -2.35. The summed E-state index contributed by atoms with van der Waals surface area (Å²) in [5, 5.41) is 4.19. The van der Waals surface area contributed by atoms with Gasteiger partial charge in [0.25, 0.3) is 0 Å². The smallest absolute Gasteiger partial charge is 0.151 e. The number of halogens is 1. The Kier molecular flexibility index (Phi) is 3.19. The van der Waals surface area contributed by atoms with E-state index in [0.717, 1.165) is 48.5 Å². The summed E-state index contributed by atoms with van der Waals surface area (Å²) >= 11 is 3.49. The highest BCUT2D eigenvalue weighted by atomic mass is 79.9. The zero-order valence-corrected chi connectivity index (χ0v) is 11.4. The highest BCUT2D eigenvalue weighted by molar-refractivity contribution is 9.10. The predicted molar refractivity (Wildman–Crippen MR) is 71.2 cm³/mol. The maximum atomic E-state index is 5.94. The minimum atomic E-state index is 0.513. The monoisotopic (exact) mass is 311 g/mol. The highest BCUT2D eigenvalue weighted by Gasteiger charge is 2.16. The van der Waals surface area contributed by atoms with Crippen LogP contribution in [0.3, 0.4) is 0 Å². The van der Waals surface area contributed by atoms with Gasteiger partial charge in [0.05, 0.1) is 13.2 Å². The van der Waals surface area contributed by atoms with E-state index in [-0.39, 0.29) is 0 Å². The van der Waals surface area contributed by atoms with Crippen LogP contribution in [-0.4, -0.2) is 45.8 Å². The summed E-state index contributed by atoms with van der Waals surface area (Å²) in [5.74, 6) is 0.513. The zero-order chi connectivity index (χ0) is 12.5. The van der Waals surface area contributed by atoms with Gasteiger partial charge in [-0.05, 0) is 27.6 Å². The average molecular weight is 312 g/mol. The number of ether oxygens (including phenoxy) is 1. The van der Waals surface area contributed by atoms with Gasteiger partial charge in [-0.2, -0.15) is 5.10 Å². The van der Waals surface area contributed by atoms with E-state index in [1.807, 2.05) is 0 Å². The van der Waals surface area contributed by atoms with Crippen LogP contribution in [0.25, 0.3) is 5.52 Å². The Morgan fingerprint density at radius 1 is 1.39 bits per heavy atom. The van der Waals surface area contributed by atoms with Crippen LogP contribution in [0.2, 0.25) is 0 Å². The van der Waals surface area contributed by atoms with E-state index in [1.165, 1.54) is 6.33 Å². The standard InChI is InChI=1S/C11H14BrN5O/c12-9-5-8(6-16-1-3-18-4-2-16)10-11(13)14-7-15-17(9)10/h5,7H,1-4,6H2,(H2,13,14,15). The minimum Gasteiger partial charge on any atom is -0.382 e. The molecule has 0 saturated carbocycles. The Labute approximate surface area is 113 Å². The minimum absolute atomic E-state index is 0.513. The second-order valence-corrected chi connectivity index (χ2v) is 5.10. The molecule has 0 spiro atoms. The van der Waals surface area contributed by atoms with Gasteiger partial charge in [-0.1, -0.05) is 0 Å².